The molecule has 2 rings (SSSR count). The lowest BCUT2D eigenvalue weighted by Crippen LogP contribution is -2.62. The molecule has 1 atom stereocenters. The summed E-state index contributed by atoms with van der Waals surface area (Å²) < 4.78 is 94.4. The first kappa shape index (κ1) is 27.8. The van der Waals surface area contributed by atoms with Crippen molar-refractivity contribution in [2.45, 2.75) is 50.9 Å². The quantitative estimate of drug-likeness (QED) is 0.278. The zero-order chi connectivity index (χ0) is 25.1. The van der Waals surface area contributed by atoms with E-state index in [-0.39, 0.29) is 33.1 Å². The highest BCUT2D eigenvalue weighted by Crippen LogP contribution is 2.46. The number of carbonyl (C=O) groups excluding carboxylic acids is 1. The largest absolute Gasteiger partial charge is 0.490 e. The number of Topliss-reactive ketones (excluding diaryl/α,β-unsaturated/α-hetero) is 1. The Labute approximate surface area is 192 Å². The number of ether oxygens (including phenoxy) is 3. The van der Waals surface area contributed by atoms with Gasteiger partial charge in [0.05, 0.1) is 13.2 Å². The molecule has 0 bridgehead atoms. The molecule has 0 spiro atoms. The molecular weight excluding hydrogens is 474 g/mol. The first-order valence-electron chi connectivity index (χ1n) is 10.4. The van der Waals surface area contributed by atoms with Gasteiger partial charge in [0.25, 0.3) is 5.60 Å². The van der Waals surface area contributed by atoms with Gasteiger partial charge in [0.1, 0.15) is 23.9 Å². The summed E-state index contributed by atoms with van der Waals surface area (Å²) in [5.74, 6) is 1.19. The maximum atomic E-state index is 13.3. The minimum absolute atomic E-state index is 0.117. The number of benzene rings is 1. The van der Waals surface area contributed by atoms with E-state index < -0.39 is 31.2 Å². The smallest absolute Gasteiger partial charge is 0.430 e. The summed E-state index contributed by atoms with van der Waals surface area (Å²) in [6.07, 6.45) is -11.5. The number of hydrogen-bond acceptors (Lipinski definition) is 4. The molecule has 1 heterocycles. The van der Waals surface area contributed by atoms with Crippen LogP contribution in [0.2, 0.25) is 0 Å². The predicted octanol–water partition coefficient (Wildman–Crippen LogP) is 5.21. The molecule has 33 heavy (non-hydrogen) atoms. The molecule has 0 N–H and O–H groups in total. The number of ketones is 1. The standard InChI is InChI=1S/C22H29F6O4S/c1-5-32-20(21(23,24)25,22(26,27)28)14-31-16-8-6-15(7-9-16)17(29)18(19(2,3)4)33-12-10-30-11-13-33/h6-9,18H,5,10-14H2,1-4H3/q+1. The van der Waals surface area contributed by atoms with Crippen LogP contribution >= 0.6 is 0 Å². The Hall–Kier alpha value is -1.46. The van der Waals surface area contributed by atoms with Crippen molar-refractivity contribution >= 4 is 16.7 Å². The van der Waals surface area contributed by atoms with Gasteiger partial charge < -0.3 is 14.2 Å². The molecule has 1 fully saturated rings. The Morgan fingerprint density at radius 2 is 1.52 bits per heavy atom. The molecule has 1 saturated heterocycles. The van der Waals surface area contributed by atoms with Crippen LogP contribution in [0.1, 0.15) is 38.1 Å². The second-order valence-electron chi connectivity index (χ2n) is 8.74. The third-order valence-electron chi connectivity index (χ3n) is 5.23. The molecular formula is C22H29F6O4S+. The number of rotatable bonds is 8. The third kappa shape index (κ3) is 6.36. The van der Waals surface area contributed by atoms with Gasteiger partial charge in [-0.1, -0.05) is 20.8 Å². The Bertz CT molecular complexity index is 766. The SMILES string of the molecule is CCOC(COc1ccc(C(=O)C([S+]2CCOCC2)C(C)(C)C)cc1)(C(F)(F)F)C(F)(F)F. The van der Waals surface area contributed by atoms with E-state index in [1.54, 1.807) is 0 Å². The molecule has 1 aliphatic heterocycles. The van der Waals surface area contributed by atoms with Crippen LogP contribution in [0.5, 0.6) is 5.75 Å². The lowest BCUT2D eigenvalue weighted by atomic mass is 9.87. The van der Waals surface area contributed by atoms with Gasteiger partial charge in [0, 0.05) is 28.5 Å². The van der Waals surface area contributed by atoms with E-state index in [1.807, 2.05) is 20.8 Å². The maximum Gasteiger partial charge on any atom is 0.430 e. The highest BCUT2D eigenvalue weighted by Gasteiger charge is 2.73. The minimum Gasteiger partial charge on any atom is -0.490 e. The van der Waals surface area contributed by atoms with Gasteiger partial charge in [-0.15, -0.1) is 0 Å². The molecule has 11 heteroatoms. The Kier molecular flexibility index (Phi) is 8.78. The summed E-state index contributed by atoms with van der Waals surface area (Å²) in [6.45, 7) is 5.50. The van der Waals surface area contributed by atoms with Gasteiger partial charge in [-0.25, -0.2) is 0 Å². The summed E-state index contributed by atoms with van der Waals surface area (Å²) in [4.78, 5) is 13.3. The summed E-state index contributed by atoms with van der Waals surface area (Å²) in [6, 6.07) is 5.13. The Morgan fingerprint density at radius 3 is 1.94 bits per heavy atom. The monoisotopic (exact) mass is 503 g/mol. The van der Waals surface area contributed by atoms with Gasteiger partial charge in [-0.05, 0) is 31.2 Å². The van der Waals surface area contributed by atoms with E-state index in [0.29, 0.717) is 18.8 Å². The van der Waals surface area contributed by atoms with Crippen LogP contribution in [-0.2, 0) is 20.4 Å². The lowest BCUT2D eigenvalue weighted by molar-refractivity contribution is -0.385. The summed E-state index contributed by atoms with van der Waals surface area (Å²) in [5.41, 5.74) is -4.46. The number of halogens is 6. The molecule has 0 amide bonds. The van der Waals surface area contributed by atoms with Gasteiger partial charge in [0.15, 0.2) is 5.25 Å². The third-order valence-corrected chi connectivity index (χ3v) is 8.20. The summed E-state index contributed by atoms with van der Waals surface area (Å²) in [5, 5.41) is -0.283. The first-order chi connectivity index (χ1) is 15.1. The van der Waals surface area contributed by atoms with Crippen molar-refractivity contribution in [3.63, 3.8) is 0 Å². The fourth-order valence-corrected chi connectivity index (χ4v) is 6.42. The number of alkyl halides is 6. The molecule has 0 radical (unpaired) electrons. The zero-order valence-electron chi connectivity index (χ0n) is 18.9. The second kappa shape index (κ2) is 10.4. The van der Waals surface area contributed by atoms with E-state index >= 15 is 0 Å². The highest BCUT2D eigenvalue weighted by molar-refractivity contribution is 7.98. The van der Waals surface area contributed by atoms with E-state index in [1.165, 1.54) is 24.3 Å². The normalized spacial score (nSPS) is 17.6. The van der Waals surface area contributed by atoms with Crippen molar-refractivity contribution in [2.24, 2.45) is 5.41 Å². The van der Waals surface area contributed by atoms with Crippen LogP contribution in [-0.4, -0.2) is 66.9 Å². The van der Waals surface area contributed by atoms with Crippen molar-refractivity contribution in [1.82, 2.24) is 0 Å². The topological polar surface area (TPSA) is 44.8 Å². The molecule has 4 nitrogen and oxygen atoms in total. The molecule has 1 aromatic rings. The maximum absolute atomic E-state index is 13.3. The van der Waals surface area contributed by atoms with E-state index in [9.17, 15) is 31.1 Å². The molecule has 1 unspecified atom stereocenters. The molecule has 0 saturated carbocycles. The Morgan fingerprint density at radius 1 is 1.00 bits per heavy atom. The van der Waals surface area contributed by atoms with E-state index in [2.05, 4.69) is 4.74 Å². The van der Waals surface area contributed by atoms with Crippen LogP contribution in [0.3, 0.4) is 0 Å². The lowest BCUT2D eigenvalue weighted by Gasteiger charge is -2.36. The second-order valence-corrected chi connectivity index (χ2v) is 11.1. The van der Waals surface area contributed by atoms with Crippen LogP contribution in [0.25, 0.3) is 0 Å². The fraction of sp³-hybridized carbons (Fsp3) is 0.682. The first-order valence-corrected chi connectivity index (χ1v) is 12.0. The Balaban J connectivity index is 2.22. The van der Waals surface area contributed by atoms with E-state index in [0.717, 1.165) is 18.4 Å². The van der Waals surface area contributed by atoms with Gasteiger partial charge in [0.2, 0.25) is 5.78 Å². The van der Waals surface area contributed by atoms with Gasteiger partial charge in [-0.2, -0.15) is 26.3 Å². The predicted molar refractivity (Wildman–Crippen MR) is 114 cm³/mol. The molecule has 1 aliphatic rings. The zero-order valence-corrected chi connectivity index (χ0v) is 19.8. The average Bonchev–Trinajstić information content (AvgIpc) is 2.69. The summed E-state index contributed by atoms with van der Waals surface area (Å²) in [7, 11) is -0.198. The van der Waals surface area contributed by atoms with Crippen LogP contribution in [0, 0.1) is 5.41 Å². The van der Waals surface area contributed by atoms with Gasteiger partial charge >= 0.3 is 12.4 Å². The molecule has 0 aromatic heterocycles. The summed E-state index contributed by atoms with van der Waals surface area (Å²) >= 11 is 0. The van der Waals surface area contributed by atoms with Crippen molar-refractivity contribution in [1.29, 1.82) is 0 Å². The van der Waals surface area contributed by atoms with Crippen molar-refractivity contribution in [2.75, 3.05) is 37.9 Å². The molecule has 1 aromatic carbocycles. The van der Waals surface area contributed by atoms with Crippen molar-refractivity contribution in [3.8, 4) is 5.75 Å². The van der Waals surface area contributed by atoms with Crippen molar-refractivity contribution in [3.05, 3.63) is 29.8 Å². The average molecular weight is 504 g/mol. The van der Waals surface area contributed by atoms with Crippen LogP contribution < -0.4 is 4.74 Å². The van der Waals surface area contributed by atoms with Crippen molar-refractivity contribution < 1.29 is 45.3 Å². The van der Waals surface area contributed by atoms with E-state index in [4.69, 9.17) is 9.47 Å². The molecule has 188 valence electrons. The van der Waals surface area contributed by atoms with Gasteiger partial charge in [-0.3, -0.25) is 4.79 Å². The number of carbonyl (C=O) groups is 1. The molecule has 0 aliphatic carbocycles. The van der Waals surface area contributed by atoms with Crippen LogP contribution in [0.4, 0.5) is 26.3 Å². The fourth-order valence-electron chi connectivity index (χ4n) is 3.64. The number of hydrogen-bond donors (Lipinski definition) is 0. The van der Waals surface area contributed by atoms with Crippen LogP contribution in [0.15, 0.2) is 24.3 Å². The highest BCUT2D eigenvalue weighted by atomic mass is 32.2. The minimum atomic E-state index is -5.73.